The Morgan fingerprint density at radius 1 is 0.780 bits per heavy atom. The van der Waals surface area contributed by atoms with Gasteiger partial charge in [-0.15, -0.1) is 0 Å². The molecule has 0 spiro atoms. The Labute approximate surface area is 238 Å². The van der Waals surface area contributed by atoms with Gasteiger partial charge in [0.25, 0.3) is 0 Å². The fourth-order valence-electron chi connectivity index (χ4n) is 5.24. The van der Waals surface area contributed by atoms with Gasteiger partial charge in [0.2, 0.25) is 0 Å². The highest BCUT2D eigenvalue weighted by atomic mass is 16.7. The number of esters is 3. The van der Waals surface area contributed by atoms with Crippen LogP contribution in [0.1, 0.15) is 44.7 Å². The summed E-state index contributed by atoms with van der Waals surface area (Å²) >= 11 is 0. The number of alkyl carbamates (subject to hydrolysis) is 1. The first kappa shape index (κ1) is 30.0. The van der Waals surface area contributed by atoms with E-state index in [1.54, 1.807) is 6.92 Å². The zero-order valence-electron chi connectivity index (χ0n) is 23.5. The van der Waals surface area contributed by atoms with Crippen LogP contribution in [0.2, 0.25) is 0 Å². The summed E-state index contributed by atoms with van der Waals surface area (Å²) in [6, 6.07) is 16.2. The van der Waals surface area contributed by atoms with Gasteiger partial charge in [-0.2, -0.15) is 0 Å². The van der Waals surface area contributed by atoms with Gasteiger partial charge in [-0.1, -0.05) is 55.5 Å². The van der Waals surface area contributed by atoms with Crippen LogP contribution >= 0.6 is 0 Å². The molecule has 1 aliphatic carbocycles. The standard InChI is InChI=1S/C30H35NO10/c1-17-27(39-19(3)33)28(40-20(4)34)26(16-37-18(2)32)41-29(17)36-14-13-31-30(35)38-15-25-23-11-7-5-9-21(23)22-10-6-8-12-24(22)25/h5-12,17,25-29H,13-16H2,1-4H3,(H,31,35)/t17?,26?,27-,28+,29-/m1/s1. The molecular weight excluding hydrogens is 534 g/mol. The van der Waals surface area contributed by atoms with Crippen molar-refractivity contribution >= 4 is 24.0 Å². The monoisotopic (exact) mass is 569 g/mol. The van der Waals surface area contributed by atoms with Crippen LogP contribution in [0, 0.1) is 5.92 Å². The second-order valence-corrected chi connectivity index (χ2v) is 9.98. The molecule has 5 atom stereocenters. The van der Waals surface area contributed by atoms with Crippen LogP contribution < -0.4 is 5.32 Å². The number of carbonyl (C=O) groups excluding carboxylic acids is 4. The average Bonchev–Trinajstić information content (AvgIpc) is 3.25. The highest BCUT2D eigenvalue weighted by molar-refractivity contribution is 5.79. The zero-order chi connectivity index (χ0) is 29.5. The SMILES string of the molecule is CC(=O)OCC1O[C@@H](OCCNC(=O)OCC2c3ccccc3-c3ccccc32)C(C)[C@@H](OC(C)=O)[C@H]1OC(C)=O. The lowest BCUT2D eigenvalue weighted by atomic mass is 9.92. The molecule has 2 unspecified atom stereocenters. The van der Waals surface area contributed by atoms with E-state index in [1.165, 1.54) is 20.8 Å². The van der Waals surface area contributed by atoms with Gasteiger partial charge in [-0.05, 0) is 22.3 Å². The average molecular weight is 570 g/mol. The van der Waals surface area contributed by atoms with Crippen molar-refractivity contribution < 1.29 is 47.6 Å². The minimum atomic E-state index is -1.01. The van der Waals surface area contributed by atoms with Gasteiger partial charge in [0.15, 0.2) is 12.4 Å². The van der Waals surface area contributed by atoms with Gasteiger partial charge >= 0.3 is 24.0 Å². The van der Waals surface area contributed by atoms with E-state index in [0.29, 0.717) is 0 Å². The highest BCUT2D eigenvalue weighted by Crippen LogP contribution is 2.44. The lowest BCUT2D eigenvalue weighted by Crippen LogP contribution is -2.58. The first-order valence-electron chi connectivity index (χ1n) is 13.5. The van der Waals surface area contributed by atoms with Crippen molar-refractivity contribution in [3.8, 4) is 11.1 Å². The number of hydrogen-bond donors (Lipinski definition) is 1. The molecular formula is C30H35NO10. The van der Waals surface area contributed by atoms with Crippen LogP contribution in [0.25, 0.3) is 11.1 Å². The molecule has 0 bridgehead atoms. The summed E-state index contributed by atoms with van der Waals surface area (Å²) in [7, 11) is 0. The number of benzene rings is 2. The third-order valence-corrected chi connectivity index (χ3v) is 7.00. The van der Waals surface area contributed by atoms with E-state index in [9.17, 15) is 19.2 Å². The van der Waals surface area contributed by atoms with Gasteiger partial charge in [-0.3, -0.25) is 14.4 Å². The van der Waals surface area contributed by atoms with E-state index in [0.717, 1.165) is 22.3 Å². The molecule has 1 aliphatic heterocycles. The first-order chi connectivity index (χ1) is 19.7. The highest BCUT2D eigenvalue weighted by Gasteiger charge is 2.48. The lowest BCUT2D eigenvalue weighted by molar-refractivity contribution is -0.288. The van der Waals surface area contributed by atoms with Crippen molar-refractivity contribution in [3.05, 3.63) is 59.7 Å². The van der Waals surface area contributed by atoms with Crippen LogP contribution in [0.15, 0.2) is 48.5 Å². The normalized spacial score (nSPS) is 23.1. The van der Waals surface area contributed by atoms with Gasteiger partial charge < -0.3 is 33.7 Å². The van der Waals surface area contributed by atoms with Crippen molar-refractivity contribution in [2.24, 2.45) is 5.92 Å². The smallest absolute Gasteiger partial charge is 0.407 e. The van der Waals surface area contributed by atoms with Crippen LogP contribution in [0.4, 0.5) is 4.79 Å². The predicted octanol–water partition coefficient (Wildman–Crippen LogP) is 3.33. The Balaban J connectivity index is 1.31. The maximum atomic E-state index is 12.5. The Kier molecular flexibility index (Phi) is 9.95. The molecule has 1 saturated heterocycles. The molecule has 1 heterocycles. The molecule has 11 heteroatoms. The van der Waals surface area contributed by atoms with Gasteiger partial charge in [-0.25, -0.2) is 4.79 Å². The molecule has 4 rings (SSSR count). The lowest BCUT2D eigenvalue weighted by Gasteiger charge is -2.43. The molecule has 0 saturated carbocycles. The molecule has 2 aliphatic rings. The number of ether oxygens (including phenoxy) is 6. The third-order valence-electron chi connectivity index (χ3n) is 7.00. The summed E-state index contributed by atoms with van der Waals surface area (Å²) in [5, 5.41) is 2.67. The van der Waals surface area contributed by atoms with Gasteiger partial charge in [0.1, 0.15) is 25.4 Å². The molecule has 0 aromatic heterocycles. The number of nitrogens with one attached hydrogen (secondary N) is 1. The molecule has 41 heavy (non-hydrogen) atoms. The second-order valence-electron chi connectivity index (χ2n) is 9.98. The summed E-state index contributed by atoms with van der Waals surface area (Å²) in [4.78, 5) is 47.4. The van der Waals surface area contributed by atoms with Crippen LogP contribution in [0.5, 0.6) is 0 Å². The largest absolute Gasteiger partial charge is 0.463 e. The topological polar surface area (TPSA) is 136 Å². The Morgan fingerprint density at radius 3 is 1.95 bits per heavy atom. The third kappa shape index (κ3) is 7.42. The molecule has 2 aromatic carbocycles. The quantitative estimate of drug-likeness (QED) is 0.258. The molecule has 1 N–H and O–H groups in total. The van der Waals surface area contributed by atoms with E-state index in [2.05, 4.69) is 17.4 Å². The van der Waals surface area contributed by atoms with E-state index in [-0.39, 0.29) is 32.3 Å². The second kappa shape index (κ2) is 13.6. The van der Waals surface area contributed by atoms with E-state index in [4.69, 9.17) is 28.4 Å². The minimum absolute atomic E-state index is 0.0461. The first-order valence-corrected chi connectivity index (χ1v) is 13.5. The molecule has 0 radical (unpaired) electrons. The predicted molar refractivity (Wildman–Crippen MR) is 145 cm³/mol. The molecule has 220 valence electrons. The fraction of sp³-hybridized carbons (Fsp3) is 0.467. The molecule has 2 aromatic rings. The molecule has 11 nitrogen and oxygen atoms in total. The Morgan fingerprint density at radius 2 is 1.37 bits per heavy atom. The fourth-order valence-corrected chi connectivity index (χ4v) is 5.24. The number of amides is 1. The van der Waals surface area contributed by atoms with Crippen molar-refractivity contribution in [2.75, 3.05) is 26.4 Å². The van der Waals surface area contributed by atoms with Crippen molar-refractivity contribution in [3.63, 3.8) is 0 Å². The van der Waals surface area contributed by atoms with Crippen LogP contribution in [-0.4, -0.2) is 75.0 Å². The maximum absolute atomic E-state index is 12.5. The van der Waals surface area contributed by atoms with Gasteiger partial charge in [0.05, 0.1) is 6.61 Å². The van der Waals surface area contributed by atoms with Gasteiger partial charge in [0, 0.05) is 39.2 Å². The van der Waals surface area contributed by atoms with E-state index < -0.39 is 54.5 Å². The number of rotatable bonds is 10. The van der Waals surface area contributed by atoms with E-state index in [1.807, 2.05) is 36.4 Å². The Bertz CT molecular complexity index is 1220. The van der Waals surface area contributed by atoms with Crippen LogP contribution in [-0.2, 0) is 42.8 Å². The Hall–Kier alpha value is -3.96. The summed E-state index contributed by atoms with van der Waals surface area (Å²) in [5.41, 5.74) is 4.51. The van der Waals surface area contributed by atoms with Crippen molar-refractivity contribution in [1.82, 2.24) is 5.32 Å². The number of fused-ring (bicyclic) bond motifs is 3. The summed E-state index contributed by atoms with van der Waals surface area (Å²) in [6.45, 7) is 5.51. The summed E-state index contributed by atoms with van der Waals surface area (Å²) < 4.78 is 33.3. The summed E-state index contributed by atoms with van der Waals surface area (Å²) in [5.74, 6) is -2.35. The van der Waals surface area contributed by atoms with E-state index >= 15 is 0 Å². The maximum Gasteiger partial charge on any atom is 0.407 e. The minimum Gasteiger partial charge on any atom is -0.463 e. The molecule has 1 fully saturated rings. The van der Waals surface area contributed by atoms with Crippen molar-refractivity contribution in [2.45, 2.75) is 58.2 Å². The zero-order valence-corrected chi connectivity index (χ0v) is 23.5. The molecule has 1 amide bonds. The number of carbonyl (C=O) groups is 4. The number of hydrogen-bond acceptors (Lipinski definition) is 10. The summed E-state index contributed by atoms with van der Waals surface area (Å²) in [6.07, 6.45) is -4.36. The van der Waals surface area contributed by atoms with Crippen molar-refractivity contribution in [1.29, 1.82) is 0 Å². The van der Waals surface area contributed by atoms with Crippen LogP contribution in [0.3, 0.4) is 0 Å².